The van der Waals surface area contributed by atoms with Gasteiger partial charge in [-0.2, -0.15) is 4.31 Å². The summed E-state index contributed by atoms with van der Waals surface area (Å²) in [6, 6.07) is 2.17. The molecule has 0 aliphatic carbocycles. The lowest BCUT2D eigenvalue weighted by Crippen LogP contribution is -2.46. The van der Waals surface area contributed by atoms with E-state index in [0.29, 0.717) is 12.8 Å². The molecule has 21 heavy (non-hydrogen) atoms. The van der Waals surface area contributed by atoms with Crippen molar-refractivity contribution < 1.29 is 16.8 Å². The minimum absolute atomic E-state index is 0.0247. The van der Waals surface area contributed by atoms with Crippen LogP contribution in [0.25, 0.3) is 0 Å². The van der Waals surface area contributed by atoms with Crippen molar-refractivity contribution in [2.75, 3.05) is 19.3 Å². The molecule has 0 amide bonds. The van der Waals surface area contributed by atoms with Gasteiger partial charge in [0.15, 0.2) is 0 Å². The van der Waals surface area contributed by atoms with Crippen molar-refractivity contribution in [2.45, 2.75) is 23.8 Å². The van der Waals surface area contributed by atoms with Crippen LogP contribution in [-0.2, 0) is 20.0 Å². The van der Waals surface area contributed by atoms with Crippen LogP contribution in [0.1, 0.15) is 12.8 Å². The number of rotatable bonds is 4. The summed E-state index contributed by atoms with van der Waals surface area (Å²) < 4.78 is 50.8. The average molecular weight is 335 g/mol. The van der Waals surface area contributed by atoms with Gasteiger partial charge in [-0.05, 0) is 18.9 Å². The molecular formula is C11H17N3O5S2. The molecule has 1 aromatic heterocycles. The normalized spacial score (nSPS) is 18.7. The molecule has 0 unspecified atom stereocenters. The number of nitrogens with zero attached hydrogens (tertiary/aromatic N) is 1. The van der Waals surface area contributed by atoms with E-state index < -0.39 is 20.0 Å². The van der Waals surface area contributed by atoms with Gasteiger partial charge >= 0.3 is 0 Å². The van der Waals surface area contributed by atoms with Gasteiger partial charge in [-0.3, -0.25) is 4.79 Å². The Labute approximate surface area is 123 Å². The van der Waals surface area contributed by atoms with Gasteiger partial charge in [0.2, 0.25) is 25.6 Å². The van der Waals surface area contributed by atoms with E-state index >= 15 is 0 Å². The summed E-state index contributed by atoms with van der Waals surface area (Å²) in [6.45, 7) is 0.462. The fraction of sp³-hybridized carbons (Fsp3) is 0.545. The Balaban J connectivity index is 2.07. The first-order valence-corrected chi connectivity index (χ1v) is 9.68. The predicted octanol–water partition coefficient (Wildman–Crippen LogP) is -0.923. The van der Waals surface area contributed by atoms with E-state index in [2.05, 4.69) is 9.71 Å². The number of piperidine rings is 1. The summed E-state index contributed by atoms with van der Waals surface area (Å²) in [5.74, 6) is 0. The maximum absolute atomic E-state index is 12.4. The largest absolute Gasteiger partial charge is 0.328 e. The molecule has 1 saturated heterocycles. The zero-order valence-electron chi connectivity index (χ0n) is 11.4. The zero-order chi connectivity index (χ0) is 15.7. The van der Waals surface area contributed by atoms with Crippen LogP contribution in [-0.4, -0.2) is 51.5 Å². The van der Waals surface area contributed by atoms with E-state index in [1.807, 2.05) is 0 Å². The van der Waals surface area contributed by atoms with E-state index in [9.17, 15) is 21.6 Å². The lowest BCUT2D eigenvalue weighted by molar-refractivity contribution is 0.308. The quantitative estimate of drug-likeness (QED) is 0.738. The molecule has 0 bridgehead atoms. The number of aromatic nitrogens is 1. The first-order valence-electron chi connectivity index (χ1n) is 6.35. The summed E-state index contributed by atoms with van der Waals surface area (Å²) in [7, 11) is -6.95. The first kappa shape index (κ1) is 16.1. The maximum atomic E-state index is 12.4. The van der Waals surface area contributed by atoms with E-state index in [1.54, 1.807) is 0 Å². The highest BCUT2D eigenvalue weighted by atomic mass is 32.2. The van der Waals surface area contributed by atoms with Crippen molar-refractivity contribution >= 4 is 20.0 Å². The number of pyridine rings is 1. The number of H-pyrrole nitrogens is 1. The molecule has 118 valence electrons. The van der Waals surface area contributed by atoms with Gasteiger partial charge in [0.05, 0.1) is 11.2 Å². The molecule has 8 nitrogen and oxygen atoms in total. The van der Waals surface area contributed by atoms with E-state index in [0.717, 1.165) is 12.3 Å². The number of hydrogen-bond acceptors (Lipinski definition) is 5. The first-order chi connectivity index (χ1) is 9.68. The third-order valence-corrected chi connectivity index (χ3v) is 5.88. The summed E-state index contributed by atoms with van der Waals surface area (Å²) in [4.78, 5) is 13.3. The van der Waals surface area contributed by atoms with Crippen LogP contribution in [0.15, 0.2) is 28.0 Å². The van der Waals surface area contributed by atoms with E-state index in [-0.39, 0.29) is 29.6 Å². The molecule has 10 heteroatoms. The van der Waals surface area contributed by atoms with Crippen LogP contribution in [0, 0.1) is 0 Å². The highest BCUT2D eigenvalue weighted by Crippen LogP contribution is 2.19. The second-order valence-electron chi connectivity index (χ2n) is 4.96. The molecule has 1 aromatic rings. The summed E-state index contributed by atoms with van der Waals surface area (Å²) >= 11 is 0. The Bertz CT molecular complexity index is 741. The zero-order valence-corrected chi connectivity index (χ0v) is 13.1. The molecule has 0 atom stereocenters. The maximum Gasteiger partial charge on any atom is 0.247 e. The van der Waals surface area contributed by atoms with Gasteiger partial charge in [-0.25, -0.2) is 21.6 Å². The second-order valence-corrected chi connectivity index (χ2v) is 8.67. The summed E-state index contributed by atoms with van der Waals surface area (Å²) in [5.41, 5.74) is -0.370. The third-order valence-electron chi connectivity index (χ3n) is 3.23. The Morgan fingerprint density at radius 2 is 1.81 bits per heavy atom. The fourth-order valence-electron chi connectivity index (χ4n) is 2.22. The smallest absolute Gasteiger partial charge is 0.247 e. The van der Waals surface area contributed by atoms with Crippen molar-refractivity contribution in [2.24, 2.45) is 0 Å². The lowest BCUT2D eigenvalue weighted by atomic mass is 10.1. The second kappa shape index (κ2) is 5.87. The molecule has 1 aliphatic rings. The molecule has 1 fully saturated rings. The van der Waals surface area contributed by atoms with Crippen molar-refractivity contribution in [3.8, 4) is 0 Å². The molecular weight excluding hydrogens is 318 g/mol. The van der Waals surface area contributed by atoms with E-state index in [4.69, 9.17) is 0 Å². The van der Waals surface area contributed by atoms with Crippen LogP contribution in [0.2, 0.25) is 0 Å². The molecule has 1 aliphatic heterocycles. The van der Waals surface area contributed by atoms with Crippen LogP contribution < -0.4 is 10.3 Å². The number of nitrogens with one attached hydrogen (secondary N) is 2. The third kappa shape index (κ3) is 4.13. The van der Waals surface area contributed by atoms with Gasteiger partial charge in [0, 0.05) is 31.4 Å². The average Bonchev–Trinajstić information content (AvgIpc) is 2.38. The Morgan fingerprint density at radius 3 is 2.29 bits per heavy atom. The Morgan fingerprint density at radius 1 is 1.19 bits per heavy atom. The molecule has 0 spiro atoms. The summed E-state index contributed by atoms with van der Waals surface area (Å²) in [6.07, 6.45) is 3.07. The topological polar surface area (TPSA) is 116 Å². The van der Waals surface area contributed by atoms with E-state index in [1.165, 1.54) is 16.6 Å². The van der Waals surface area contributed by atoms with Crippen LogP contribution in [0.4, 0.5) is 0 Å². The van der Waals surface area contributed by atoms with Gasteiger partial charge in [-0.1, -0.05) is 0 Å². The lowest BCUT2D eigenvalue weighted by Gasteiger charge is -2.31. The van der Waals surface area contributed by atoms with Crippen LogP contribution in [0.5, 0.6) is 0 Å². The van der Waals surface area contributed by atoms with Gasteiger partial charge in [0.1, 0.15) is 0 Å². The molecule has 0 radical (unpaired) electrons. The Kier molecular flexibility index (Phi) is 4.51. The highest BCUT2D eigenvalue weighted by molar-refractivity contribution is 7.89. The van der Waals surface area contributed by atoms with Gasteiger partial charge < -0.3 is 4.98 Å². The minimum Gasteiger partial charge on any atom is -0.328 e. The molecule has 2 heterocycles. The SMILES string of the molecule is CS(=O)(=O)NC1CCN(S(=O)(=O)c2ccc(=O)[nH]c2)CC1. The van der Waals surface area contributed by atoms with Gasteiger partial charge in [-0.15, -0.1) is 0 Å². The predicted molar refractivity (Wildman–Crippen MR) is 76.8 cm³/mol. The van der Waals surface area contributed by atoms with Crippen molar-refractivity contribution in [1.82, 2.24) is 14.0 Å². The van der Waals surface area contributed by atoms with Crippen molar-refractivity contribution in [3.63, 3.8) is 0 Å². The minimum atomic E-state index is -3.66. The summed E-state index contributed by atoms with van der Waals surface area (Å²) in [5, 5.41) is 0. The molecule has 2 N–H and O–H groups in total. The molecule has 2 rings (SSSR count). The number of sulfonamides is 2. The highest BCUT2D eigenvalue weighted by Gasteiger charge is 2.30. The number of aromatic amines is 1. The number of hydrogen-bond donors (Lipinski definition) is 2. The Hall–Kier alpha value is -1.23. The van der Waals surface area contributed by atoms with Crippen LogP contribution >= 0.6 is 0 Å². The molecule has 0 aromatic carbocycles. The van der Waals surface area contributed by atoms with Crippen LogP contribution in [0.3, 0.4) is 0 Å². The fourth-order valence-corrected chi connectivity index (χ4v) is 4.50. The van der Waals surface area contributed by atoms with Crippen molar-refractivity contribution in [3.05, 3.63) is 28.7 Å². The monoisotopic (exact) mass is 335 g/mol. The molecule has 0 saturated carbocycles. The van der Waals surface area contributed by atoms with Crippen molar-refractivity contribution in [1.29, 1.82) is 0 Å². The van der Waals surface area contributed by atoms with Gasteiger partial charge in [0.25, 0.3) is 0 Å². The standard InChI is InChI=1S/C11H17N3O5S2/c1-20(16,17)13-9-4-6-14(7-5-9)21(18,19)10-2-3-11(15)12-8-10/h2-3,8-9,13H,4-7H2,1H3,(H,12,15).